The van der Waals surface area contributed by atoms with Crippen molar-refractivity contribution in [1.29, 1.82) is 0 Å². The highest BCUT2D eigenvalue weighted by molar-refractivity contribution is 5.76. The van der Waals surface area contributed by atoms with Crippen molar-refractivity contribution < 1.29 is 24.2 Å². The van der Waals surface area contributed by atoms with Gasteiger partial charge in [0, 0.05) is 20.1 Å². The molecule has 0 heterocycles. The largest absolute Gasteiger partial charge is 0.481 e. The summed E-state index contributed by atoms with van der Waals surface area (Å²) in [6.45, 7) is 2.20. The fraction of sp³-hybridized carbons (Fsp3) is 0.750. The van der Waals surface area contributed by atoms with E-state index in [4.69, 9.17) is 5.11 Å². The van der Waals surface area contributed by atoms with E-state index in [-0.39, 0.29) is 19.5 Å². The van der Waals surface area contributed by atoms with Crippen LogP contribution in [-0.2, 0) is 14.3 Å². The SMILES string of the molecule is CCCC(CNC(=O)N(C)CCC(=O)OC)C(=O)O. The number of methoxy groups -OCH3 is 1. The summed E-state index contributed by atoms with van der Waals surface area (Å²) in [6.07, 6.45) is 1.37. The van der Waals surface area contributed by atoms with Crippen molar-refractivity contribution in [3.63, 3.8) is 0 Å². The number of hydrogen-bond acceptors (Lipinski definition) is 4. The Hall–Kier alpha value is -1.79. The Morgan fingerprint density at radius 1 is 1.37 bits per heavy atom. The molecule has 0 aliphatic carbocycles. The molecule has 0 saturated carbocycles. The van der Waals surface area contributed by atoms with Crippen molar-refractivity contribution >= 4 is 18.0 Å². The first-order chi connectivity index (χ1) is 8.92. The second-order valence-electron chi connectivity index (χ2n) is 4.26. The van der Waals surface area contributed by atoms with Crippen molar-refractivity contribution in [2.24, 2.45) is 5.92 Å². The normalized spacial score (nSPS) is 11.5. The highest BCUT2D eigenvalue weighted by Gasteiger charge is 2.18. The number of carboxylic acid groups (broad SMARTS) is 1. The molecule has 0 spiro atoms. The average molecular weight is 274 g/mol. The van der Waals surface area contributed by atoms with E-state index in [0.717, 1.165) is 6.42 Å². The third kappa shape index (κ3) is 7.28. The van der Waals surface area contributed by atoms with E-state index in [9.17, 15) is 14.4 Å². The smallest absolute Gasteiger partial charge is 0.317 e. The monoisotopic (exact) mass is 274 g/mol. The van der Waals surface area contributed by atoms with Crippen LogP contribution in [0.15, 0.2) is 0 Å². The Kier molecular flexibility index (Phi) is 8.32. The molecule has 0 bridgehead atoms. The molecule has 0 fully saturated rings. The van der Waals surface area contributed by atoms with Gasteiger partial charge < -0.3 is 20.1 Å². The Morgan fingerprint density at radius 3 is 2.47 bits per heavy atom. The van der Waals surface area contributed by atoms with E-state index in [0.29, 0.717) is 6.42 Å². The van der Waals surface area contributed by atoms with Crippen molar-refractivity contribution in [3.8, 4) is 0 Å². The lowest BCUT2D eigenvalue weighted by Gasteiger charge is -2.19. The number of rotatable bonds is 8. The van der Waals surface area contributed by atoms with Gasteiger partial charge in [0.05, 0.1) is 19.4 Å². The molecule has 0 aromatic carbocycles. The molecule has 2 amide bonds. The zero-order valence-corrected chi connectivity index (χ0v) is 11.6. The molecule has 0 aliphatic rings. The van der Waals surface area contributed by atoms with Gasteiger partial charge in [-0.15, -0.1) is 0 Å². The summed E-state index contributed by atoms with van der Waals surface area (Å²) in [6, 6.07) is -0.397. The van der Waals surface area contributed by atoms with Gasteiger partial charge in [-0.25, -0.2) is 4.79 Å². The van der Waals surface area contributed by atoms with E-state index in [1.54, 1.807) is 0 Å². The molecule has 1 atom stereocenters. The predicted molar refractivity (Wildman–Crippen MR) is 68.7 cm³/mol. The fourth-order valence-corrected chi connectivity index (χ4v) is 1.47. The molecule has 0 saturated heterocycles. The number of ether oxygens (including phenoxy) is 1. The Bertz CT molecular complexity index is 319. The summed E-state index contributed by atoms with van der Waals surface area (Å²) in [7, 11) is 2.82. The number of hydrogen-bond donors (Lipinski definition) is 2. The molecule has 7 heteroatoms. The molecule has 7 nitrogen and oxygen atoms in total. The van der Waals surface area contributed by atoms with Gasteiger partial charge in [0.25, 0.3) is 0 Å². The molecule has 0 aromatic heterocycles. The highest BCUT2D eigenvalue weighted by Crippen LogP contribution is 2.05. The van der Waals surface area contributed by atoms with Crippen LogP contribution in [0.1, 0.15) is 26.2 Å². The van der Waals surface area contributed by atoms with Crippen LogP contribution in [0.3, 0.4) is 0 Å². The van der Waals surface area contributed by atoms with Crippen molar-refractivity contribution in [1.82, 2.24) is 10.2 Å². The maximum atomic E-state index is 11.6. The number of carboxylic acids is 1. The van der Waals surface area contributed by atoms with Crippen LogP contribution in [0.5, 0.6) is 0 Å². The number of urea groups is 1. The van der Waals surface area contributed by atoms with E-state index in [2.05, 4.69) is 10.1 Å². The summed E-state index contributed by atoms with van der Waals surface area (Å²) < 4.78 is 4.47. The molecule has 0 radical (unpaired) electrons. The zero-order chi connectivity index (χ0) is 14.8. The number of amides is 2. The summed E-state index contributed by atoms with van der Waals surface area (Å²) >= 11 is 0. The second-order valence-corrected chi connectivity index (χ2v) is 4.26. The number of carbonyl (C=O) groups excluding carboxylic acids is 2. The molecule has 1 unspecified atom stereocenters. The third-order valence-electron chi connectivity index (χ3n) is 2.71. The number of carbonyl (C=O) groups is 3. The Balaban J connectivity index is 4.07. The van der Waals surface area contributed by atoms with Crippen molar-refractivity contribution in [3.05, 3.63) is 0 Å². The quantitative estimate of drug-likeness (QED) is 0.635. The summed E-state index contributed by atoms with van der Waals surface area (Å²) in [5.41, 5.74) is 0. The summed E-state index contributed by atoms with van der Waals surface area (Å²) in [5.74, 6) is -1.89. The van der Waals surface area contributed by atoms with Gasteiger partial charge in [-0.1, -0.05) is 13.3 Å². The zero-order valence-electron chi connectivity index (χ0n) is 11.6. The maximum Gasteiger partial charge on any atom is 0.317 e. The first-order valence-electron chi connectivity index (χ1n) is 6.20. The van der Waals surface area contributed by atoms with Crippen LogP contribution in [-0.4, -0.2) is 55.2 Å². The van der Waals surface area contributed by atoms with Crippen molar-refractivity contribution in [2.75, 3.05) is 27.2 Å². The second kappa shape index (κ2) is 9.18. The van der Waals surface area contributed by atoms with E-state index < -0.39 is 23.9 Å². The Morgan fingerprint density at radius 2 is 2.00 bits per heavy atom. The van der Waals surface area contributed by atoms with Gasteiger partial charge >= 0.3 is 18.0 Å². The van der Waals surface area contributed by atoms with Crippen molar-refractivity contribution in [2.45, 2.75) is 26.2 Å². The summed E-state index contributed by atoms with van der Waals surface area (Å²) in [5, 5.41) is 11.5. The average Bonchev–Trinajstić information content (AvgIpc) is 2.39. The van der Waals surface area contributed by atoms with Gasteiger partial charge in [0.2, 0.25) is 0 Å². The number of esters is 1. The van der Waals surface area contributed by atoms with E-state index in [1.165, 1.54) is 19.1 Å². The minimum atomic E-state index is -0.917. The van der Waals surface area contributed by atoms with Gasteiger partial charge in [-0.05, 0) is 6.42 Å². The van der Waals surface area contributed by atoms with Crippen LogP contribution >= 0.6 is 0 Å². The number of aliphatic carboxylic acids is 1. The Labute approximate surface area is 112 Å². The van der Waals surface area contributed by atoms with Gasteiger partial charge in [-0.2, -0.15) is 0 Å². The lowest BCUT2D eigenvalue weighted by atomic mass is 10.0. The van der Waals surface area contributed by atoms with Crippen LogP contribution in [0.2, 0.25) is 0 Å². The minimum absolute atomic E-state index is 0.0879. The topological polar surface area (TPSA) is 95.9 Å². The van der Waals surface area contributed by atoms with E-state index >= 15 is 0 Å². The predicted octanol–water partition coefficient (Wildman–Crippen LogP) is 0.692. The lowest BCUT2D eigenvalue weighted by Crippen LogP contribution is -2.41. The number of nitrogens with zero attached hydrogens (tertiary/aromatic N) is 1. The van der Waals surface area contributed by atoms with Crippen LogP contribution in [0, 0.1) is 5.92 Å². The summed E-state index contributed by atoms with van der Waals surface area (Å²) in [4.78, 5) is 34.8. The highest BCUT2D eigenvalue weighted by atomic mass is 16.5. The maximum absolute atomic E-state index is 11.6. The lowest BCUT2D eigenvalue weighted by molar-refractivity contribution is -0.142. The first kappa shape index (κ1) is 17.2. The molecule has 0 rings (SSSR count). The van der Waals surface area contributed by atoms with Crippen LogP contribution in [0.25, 0.3) is 0 Å². The third-order valence-corrected chi connectivity index (χ3v) is 2.71. The van der Waals surface area contributed by atoms with Crippen LogP contribution in [0.4, 0.5) is 4.79 Å². The number of nitrogens with one attached hydrogen (secondary N) is 1. The first-order valence-corrected chi connectivity index (χ1v) is 6.20. The van der Waals surface area contributed by atoms with E-state index in [1.807, 2.05) is 6.92 Å². The molecule has 0 aliphatic heterocycles. The molecule has 19 heavy (non-hydrogen) atoms. The van der Waals surface area contributed by atoms with Gasteiger partial charge in [0.1, 0.15) is 0 Å². The van der Waals surface area contributed by atoms with Gasteiger partial charge in [0.15, 0.2) is 0 Å². The minimum Gasteiger partial charge on any atom is -0.481 e. The molecule has 110 valence electrons. The van der Waals surface area contributed by atoms with Gasteiger partial charge in [-0.3, -0.25) is 9.59 Å². The fourth-order valence-electron chi connectivity index (χ4n) is 1.47. The molecular weight excluding hydrogens is 252 g/mol. The molecule has 2 N–H and O–H groups in total. The molecular formula is C12H22N2O5. The molecule has 0 aromatic rings. The van der Waals surface area contributed by atoms with Crippen LogP contribution < -0.4 is 5.32 Å². The standard InChI is InChI=1S/C12H22N2O5/c1-4-5-9(11(16)17)8-13-12(18)14(2)7-6-10(15)19-3/h9H,4-8H2,1-3H3,(H,13,18)(H,16,17).